The Kier molecular flexibility index (Phi) is 3.65. The molecule has 1 fully saturated rings. The van der Waals surface area contributed by atoms with Crippen LogP contribution in [0.3, 0.4) is 0 Å². The Bertz CT molecular complexity index is 912. The first-order valence-electron chi connectivity index (χ1n) is 7.80. The van der Waals surface area contributed by atoms with Crippen molar-refractivity contribution < 1.29 is 0 Å². The van der Waals surface area contributed by atoms with Crippen LogP contribution in [0, 0.1) is 0 Å². The van der Waals surface area contributed by atoms with E-state index in [1.54, 1.807) is 17.8 Å². The number of nitrogens with zero attached hydrogens (tertiary/aromatic N) is 4. The number of hydrogen-bond donors (Lipinski definition) is 1. The van der Waals surface area contributed by atoms with E-state index in [4.69, 9.17) is 0 Å². The monoisotopic (exact) mass is 327 g/mol. The lowest BCUT2D eigenvalue weighted by Gasteiger charge is -2.06. The third kappa shape index (κ3) is 2.76. The van der Waals surface area contributed by atoms with Gasteiger partial charge in [-0.05, 0) is 31.9 Å². The summed E-state index contributed by atoms with van der Waals surface area (Å²) in [5.41, 5.74) is 0.629. The van der Waals surface area contributed by atoms with Crippen molar-refractivity contribution in [2.75, 3.05) is 0 Å². The summed E-state index contributed by atoms with van der Waals surface area (Å²) in [6, 6.07) is 7.38. The minimum Gasteiger partial charge on any atom is -0.309 e. The zero-order valence-corrected chi connectivity index (χ0v) is 13.6. The molecule has 0 spiro atoms. The summed E-state index contributed by atoms with van der Waals surface area (Å²) in [4.78, 5) is 19.5. The van der Waals surface area contributed by atoms with Crippen molar-refractivity contribution in [1.29, 1.82) is 0 Å². The van der Waals surface area contributed by atoms with E-state index in [-0.39, 0.29) is 5.56 Å². The number of thioether (sulfide) groups is 1. The predicted molar refractivity (Wildman–Crippen MR) is 89.6 cm³/mol. The first-order chi connectivity index (χ1) is 11.3. The highest BCUT2D eigenvalue weighted by Crippen LogP contribution is 2.40. The summed E-state index contributed by atoms with van der Waals surface area (Å²) in [5.74, 6) is 2.91. The second-order valence-electron chi connectivity index (χ2n) is 5.68. The highest BCUT2D eigenvalue weighted by atomic mass is 32.2. The van der Waals surface area contributed by atoms with E-state index in [0.717, 1.165) is 23.0 Å². The molecule has 1 aliphatic carbocycles. The number of H-pyrrole nitrogens is 1. The molecule has 1 aliphatic rings. The van der Waals surface area contributed by atoms with Crippen molar-refractivity contribution in [1.82, 2.24) is 24.7 Å². The van der Waals surface area contributed by atoms with Crippen molar-refractivity contribution >= 4 is 22.7 Å². The number of aromatic nitrogens is 5. The van der Waals surface area contributed by atoms with Crippen LogP contribution in [0.25, 0.3) is 10.9 Å². The highest BCUT2D eigenvalue weighted by molar-refractivity contribution is 7.98. The van der Waals surface area contributed by atoms with Gasteiger partial charge in [0, 0.05) is 12.5 Å². The zero-order valence-electron chi connectivity index (χ0n) is 12.8. The molecule has 3 aromatic rings. The van der Waals surface area contributed by atoms with Crippen LogP contribution in [0.1, 0.15) is 37.3 Å². The summed E-state index contributed by atoms with van der Waals surface area (Å²) >= 11 is 1.56. The van der Waals surface area contributed by atoms with E-state index >= 15 is 0 Å². The van der Waals surface area contributed by atoms with Crippen molar-refractivity contribution in [3.8, 4) is 0 Å². The number of aromatic amines is 1. The van der Waals surface area contributed by atoms with Gasteiger partial charge in [0.2, 0.25) is 0 Å². The maximum atomic E-state index is 12.1. The van der Waals surface area contributed by atoms with Crippen molar-refractivity contribution in [3.63, 3.8) is 0 Å². The van der Waals surface area contributed by atoms with E-state index in [1.165, 1.54) is 12.8 Å². The van der Waals surface area contributed by atoms with Gasteiger partial charge < -0.3 is 9.55 Å². The quantitative estimate of drug-likeness (QED) is 0.729. The van der Waals surface area contributed by atoms with Gasteiger partial charge in [-0.1, -0.05) is 23.9 Å². The van der Waals surface area contributed by atoms with Gasteiger partial charge in [-0.25, -0.2) is 4.98 Å². The number of para-hydroxylation sites is 1. The van der Waals surface area contributed by atoms with Crippen LogP contribution < -0.4 is 5.56 Å². The van der Waals surface area contributed by atoms with E-state index in [0.29, 0.717) is 22.9 Å². The fourth-order valence-corrected chi connectivity index (χ4v) is 3.56. The minimum atomic E-state index is -0.0955. The molecule has 6 nitrogen and oxygen atoms in total. The van der Waals surface area contributed by atoms with Gasteiger partial charge in [0.1, 0.15) is 11.6 Å². The Hall–Kier alpha value is -2.15. The second-order valence-corrected chi connectivity index (χ2v) is 6.62. The molecule has 0 saturated heterocycles. The highest BCUT2D eigenvalue weighted by Gasteiger charge is 2.29. The molecule has 23 heavy (non-hydrogen) atoms. The molecule has 2 aromatic heterocycles. The van der Waals surface area contributed by atoms with Crippen LogP contribution in [0.2, 0.25) is 0 Å². The van der Waals surface area contributed by atoms with Crippen molar-refractivity contribution in [2.45, 2.75) is 43.1 Å². The molecule has 0 amide bonds. The number of nitrogens with one attached hydrogen (secondary N) is 1. The molecule has 1 aromatic carbocycles. The molecular formula is C16H17N5OS. The van der Waals surface area contributed by atoms with Crippen LogP contribution in [0.5, 0.6) is 0 Å². The Morgan fingerprint density at radius 3 is 2.91 bits per heavy atom. The van der Waals surface area contributed by atoms with E-state index in [9.17, 15) is 4.79 Å². The third-order valence-corrected chi connectivity index (χ3v) is 4.98. The minimum absolute atomic E-state index is 0.0955. The summed E-state index contributed by atoms with van der Waals surface area (Å²) in [7, 11) is 0. The average molecular weight is 327 g/mol. The number of benzene rings is 1. The average Bonchev–Trinajstić information content (AvgIpc) is 3.33. The maximum Gasteiger partial charge on any atom is 0.258 e. The molecule has 1 N–H and O–H groups in total. The zero-order chi connectivity index (χ0) is 15.8. The van der Waals surface area contributed by atoms with Crippen LogP contribution in [-0.2, 0) is 12.3 Å². The normalized spacial score (nSPS) is 14.5. The van der Waals surface area contributed by atoms with Gasteiger partial charge in [-0.2, -0.15) is 0 Å². The van der Waals surface area contributed by atoms with Crippen LogP contribution in [-0.4, -0.2) is 24.7 Å². The Morgan fingerprint density at radius 1 is 1.30 bits per heavy atom. The van der Waals surface area contributed by atoms with Crippen LogP contribution in [0.15, 0.2) is 34.2 Å². The van der Waals surface area contributed by atoms with Crippen LogP contribution in [0.4, 0.5) is 0 Å². The molecule has 2 heterocycles. The molecule has 0 bridgehead atoms. The maximum absolute atomic E-state index is 12.1. The summed E-state index contributed by atoms with van der Waals surface area (Å²) in [6.07, 6.45) is 2.42. The standard InChI is InChI=1S/C16H17N5OS/c1-2-21-14(10-7-8-10)19-20-16(21)23-9-13-17-12-6-4-3-5-11(12)15(22)18-13/h3-6,10H,2,7-9H2,1H3,(H,17,18,22). The fraction of sp³-hybridized carbons (Fsp3) is 0.375. The topological polar surface area (TPSA) is 76.5 Å². The Morgan fingerprint density at radius 2 is 2.13 bits per heavy atom. The fourth-order valence-electron chi connectivity index (χ4n) is 2.68. The first-order valence-corrected chi connectivity index (χ1v) is 8.78. The molecule has 0 atom stereocenters. The number of rotatable bonds is 5. The first kappa shape index (κ1) is 14.4. The van der Waals surface area contributed by atoms with Gasteiger partial charge in [-0.15, -0.1) is 10.2 Å². The lowest BCUT2D eigenvalue weighted by atomic mass is 10.2. The number of hydrogen-bond acceptors (Lipinski definition) is 5. The van der Waals surface area contributed by atoms with Gasteiger partial charge >= 0.3 is 0 Å². The predicted octanol–water partition coefficient (Wildman–Crippen LogP) is 2.70. The largest absolute Gasteiger partial charge is 0.309 e. The molecule has 7 heteroatoms. The van der Waals surface area contributed by atoms with E-state index < -0.39 is 0 Å². The van der Waals surface area contributed by atoms with E-state index in [2.05, 4.69) is 31.7 Å². The molecule has 0 aliphatic heterocycles. The second kappa shape index (κ2) is 5.81. The molecular weight excluding hydrogens is 310 g/mol. The van der Waals surface area contributed by atoms with Crippen LogP contribution >= 0.6 is 11.8 Å². The van der Waals surface area contributed by atoms with Crippen molar-refractivity contribution in [2.24, 2.45) is 0 Å². The lowest BCUT2D eigenvalue weighted by molar-refractivity contribution is 0.643. The summed E-state index contributed by atoms with van der Waals surface area (Å²) < 4.78 is 2.17. The number of fused-ring (bicyclic) bond motifs is 1. The van der Waals surface area contributed by atoms with Crippen molar-refractivity contribution in [3.05, 3.63) is 46.3 Å². The SMILES string of the molecule is CCn1c(SCc2nc3ccccc3c(=O)[nH]2)nnc1C1CC1. The Labute approximate surface area is 137 Å². The van der Waals surface area contributed by atoms with Gasteiger partial charge in [0.05, 0.1) is 16.7 Å². The molecule has 118 valence electrons. The van der Waals surface area contributed by atoms with Gasteiger partial charge in [0.25, 0.3) is 5.56 Å². The molecule has 4 rings (SSSR count). The smallest absolute Gasteiger partial charge is 0.258 e. The summed E-state index contributed by atoms with van der Waals surface area (Å²) in [6.45, 7) is 2.97. The lowest BCUT2D eigenvalue weighted by Crippen LogP contribution is -2.11. The summed E-state index contributed by atoms with van der Waals surface area (Å²) in [5, 5.41) is 10.1. The Balaban J connectivity index is 1.58. The molecule has 0 radical (unpaired) electrons. The molecule has 1 saturated carbocycles. The van der Waals surface area contributed by atoms with E-state index in [1.807, 2.05) is 18.2 Å². The molecule has 0 unspecified atom stereocenters. The third-order valence-electron chi connectivity index (χ3n) is 4.00. The van der Waals surface area contributed by atoms with Gasteiger partial charge in [0.15, 0.2) is 5.16 Å². The van der Waals surface area contributed by atoms with Gasteiger partial charge in [-0.3, -0.25) is 4.79 Å².